The second-order valence-electron chi connectivity index (χ2n) is 8.05. The van der Waals surface area contributed by atoms with Gasteiger partial charge >= 0.3 is 0 Å². The molecule has 3 aromatic carbocycles. The SMILES string of the molecule is COc1cc(CNc2cccc(NC(=O)CC(C)C)c2)ccc1OCc1c(F)cccc1Cl. The van der Waals surface area contributed by atoms with Gasteiger partial charge in [-0.2, -0.15) is 0 Å². The standard InChI is InChI=1S/C26H28ClFN2O3/c1-17(2)12-26(31)30-20-7-4-6-19(14-20)29-15-18-10-11-24(25(13-18)32-3)33-16-21-22(27)8-5-9-23(21)28/h4-11,13-14,17,29H,12,15-16H2,1-3H3,(H,30,31). The number of nitrogens with one attached hydrogen (secondary N) is 2. The summed E-state index contributed by atoms with van der Waals surface area (Å²) >= 11 is 6.07. The van der Waals surface area contributed by atoms with Crippen LogP contribution in [0.3, 0.4) is 0 Å². The molecule has 0 unspecified atom stereocenters. The molecule has 5 nitrogen and oxygen atoms in total. The Morgan fingerprint density at radius 2 is 1.79 bits per heavy atom. The lowest BCUT2D eigenvalue weighted by atomic mass is 10.1. The third-order valence-corrected chi connectivity index (χ3v) is 5.25. The van der Waals surface area contributed by atoms with E-state index in [1.54, 1.807) is 25.3 Å². The number of anilines is 2. The Balaban J connectivity index is 1.62. The molecule has 0 fully saturated rings. The van der Waals surface area contributed by atoms with Crippen molar-refractivity contribution >= 4 is 28.9 Å². The van der Waals surface area contributed by atoms with Crippen molar-refractivity contribution in [2.75, 3.05) is 17.7 Å². The number of ether oxygens (including phenoxy) is 2. The molecule has 33 heavy (non-hydrogen) atoms. The summed E-state index contributed by atoms with van der Waals surface area (Å²) in [5.41, 5.74) is 2.90. The average Bonchev–Trinajstić information content (AvgIpc) is 2.77. The maximum atomic E-state index is 14.0. The summed E-state index contributed by atoms with van der Waals surface area (Å²) in [6.07, 6.45) is 0.481. The van der Waals surface area contributed by atoms with Crippen molar-refractivity contribution in [1.82, 2.24) is 0 Å². The zero-order valence-corrected chi connectivity index (χ0v) is 19.7. The van der Waals surface area contributed by atoms with Crippen molar-refractivity contribution in [3.8, 4) is 11.5 Å². The van der Waals surface area contributed by atoms with Crippen molar-refractivity contribution in [3.63, 3.8) is 0 Å². The molecule has 0 saturated heterocycles. The van der Waals surface area contributed by atoms with Crippen molar-refractivity contribution < 1.29 is 18.7 Å². The molecule has 0 aliphatic carbocycles. The van der Waals surface area contributed by atoms with Crippen LogP contribution in [-0.2, 0) is 17.9 Å². The van der Waals surface area contributed by atoms with E-state index >= 15 is 0 Å². The molecule has 0 atom stereocenters. The number of rotatable bonds is 10. The van der Waals surface area contributed by atoms with E-state index in [-0.39, 0.29) is 12.5 Å². The molecule has 3 aromatic rings. The lowest BCUT2D eigenvalue weighted by Crippen LogP contribution is -2.13. The lowest BCUT2D eigenvalue weighted by molar-refractivity contribution is -0.116. The minimum atomic E-state index is -0.412. The van der Waals surface area contributed by atoms with Gasteiger partial charge in [-0.1, -0.05) is 43.6 Å². The number of benzene rings is 3. The van der Waals surface area contributed by atoms with Gasteiger partial charge in [-0.25, -0.2) is 4.39 Å². The summed E-state index contributed by atoms with van der Waals surface area (Å²) < 4.78 is 25.2. The van der Waals surface area contributed by atoms with E-state index in [1.165, 1.54) is 6.07 Å². The molecule has 0 aromatic heterocycles. The summed E-state index contributed by atoms with van der Waals surface area (Å²) in [6.45, 7) is 4.56. The van der Waals surface area contributed by atoms with Crippen LogP contribution in [0.5, 0.6) is 11.5 Å². The van der Waals surface area contributed by atoms with Gasteiger partial charge in [-0.05, 0) is 53.9 Å². The maximum Gasteiger partial charge on any atom is 0.224 e. The van der Waals surface area contributed by atoms with Gasteiger partial charge < -0.3 is 20.1 Å². The minimum absolute atomic E-state index is 0.000790. The number of hydrogen-bond donors (Lipinski definition) is 2. The van der Waals surface area contributed by atoms with Gasteiger partial charge in [0.25, 0.3) is 0 Å². The monoisotopic (exact) mass is 470 g/mol. The first-order valence-electron chi connectivity index (χ1n) is 10.7. The Kier molecular flexibility index (Phi) is 8.55. The Morgan fingerprint density at radius 3 is 2.52 bits per heavy atom. The highest BCUT2D eigenvalue weighted by atomic mass is 35.5. The second-order valence-corrected chi connectivity index (χ2v) is 8.46. The van der Waals surface area contributed by atoms with Crippen LogP contribution in [-0.4, -0.2) is 13.0 Å². The van der Waals surface area contributed by atoms with Crippen molar-refractivity contribution in [1.29, 1.82) is 0 Å². The summed E-state index contributed by atoms with van der Waals surface area (Å²) in [4.78, 5) is 12.0. The van der Waals surface area contributed by atoms with Gasteiger partial charge in [-0.3, -0.25) is 4.79 Å². The highest BCUT2D eigenvalue weighted by molar-refractivity contribution is 6.31. The fraction of sp³-hybridized carbons (Fsp3) is 0.269. The molecule has 2 N–H and O–H groups in total. The molecule has 0 aliphatic rings. The number of halogens is 2. The molecule has 0 radical (unpaired) electrons. The molecule has 3 rings (SSSR count). The maximum absolute atomic E-state index is 14.0. The predicted octanol–water partition coefficient (Wildman–Crippen LogP) is 6.66. The normalized spacial score (nSPS) is 10.7. The third-order valence-electron chi connectivity index (χ3n) is 4.90. The first-order valence-corrected chi connectivity index (χ1v) is 11.1. The van der Waals surface area contributed by atoms with Gasteiger partial charge in [0.1, 0.15) is 12.4 Å². The van der Waals surface area contributed by atoms with Gasteiger partial charge in [0.2, 0.25) is 5.91 Å². The summed E-state index contributed by atoms with van der Waals surface area (Å²) in [5.74, 6) is 0.924. The average molecular weight is 471 g/mol. The Morgan fingerprint density at radius 1 is 1.03 bits per heavy atom. The molecule has 0 aliphatic heterocycles. The van der Waals surface area contributed by atoms with Crippen molar-refractivity contribution in [3.05, 3.63) is 82.6 Å². The summed E-state index contributed by atoms with van der Waals surface area (Å²) in [5, 5.41) is 6.58. The van der Waals surface area contributed by atoms with E-state index < -0.39 is 5.82 Å². The van der Waals surface area contributed by atoms with Gasteiger partial charge in [0.15, 0.2) is 11.5 Å². The van der Waals surface area contributed by atoms with Crippen LogP contribution < -0.4 is 20.1 Å². The Labute approximate surface area is 198 Å². The Hall–Kier alpha value is -3.25. The summed E-state index contributed by atoms with van der Waals surface area (Å²) in [7, 11) is 1.55. The lowest BCUT2D eigenvalue weighted by Gasteiger charge is -2.14. The van der Waals surface area contributed by atoms with Crippen LogP contribution in [0.1, 0.15) is 31.4 Å². The Bertz CT molecular complexity index is 1080. The molecule has 0 saturated carbocycles. The second kappa shape index (κ2) is 11.6. The van der Waals surface area contributed by atoms with E-state index in [1.807, 2.05) is 50.2 Å². The molecular weight excluding hydrogens is 443 g/mol. The number of amides is 1. The molecule has 0 bridgehead atoms. The zero-order chi connectivity index (χ0) is 23.8. The number of carbonyl (C=O) groups is 1. The van der Waals surface area contributed by atoms with Crippen molar-refractivity contribution in [2.45, 2.75) is 33.4 Å². The number of methoxy groups -OCH3 is 1. The van der Waals surface area contributed by atoms with Crippen molar-refractivity contribution in [2.24, 2.45) is 5.92 Å². The van der Waals surface area contributed by atoms with Gasteiger partial charge in [0, 0.05) is 29.9 Å². The van der Waals surface area contributed by atoms with E-state index in [2.05, 4.69) is 10.6 Å². The zero-order valence-electron chi connectivity index (χ0n) is 19.0. The van der Waals surface area contributed by atoms with Crippen LogP contribution in [0.4, 0.5) is 15.8 Å². The largest absolute Gasteiger partial charge is 0.493 e. The van der Waals surface area contributed by atoms with E-state index in [0.29, 0.717) is 41.0 Å². The highest BCUT2D eigenvalue weighted by Crippen LogP contribution is 2.30. The van der Waals surface area contributed by atoms with Crippen LogP contribution in [0.25, 0.3) is 0 Å². The van der Waals surface area contributed by atoms with Gasteiger partial charge in [0.05, 0.1) is 12.1 Å². The first-order chi connectivity index (χ1) is 15.9. The molecule has 174 valence electrons. The van der Waals surface area contributed by atoms with Gasteiger partial charge in [-0.15, -0.1) is 0 Å². The topological polar surface area (TPSA) is 59.6 Å². The quantitative estimate of drug-likeness (QED) is 0.347. The van der Waals surface area contributed by atoms with Crippen LogP contribution in [0.15, 0.2) is 60.7 Å². The smallest absolute Gasteiger partial charge is 0.224 e. The highest BCUT2D eigenvalue weighted by Gasteiger charge is 2.11. The summed E-state index contributed by atoms with van der Waals surface area (Å²) in [6, 6.07) is 17.7. The number of carbonyl (C=O) groups excluding carboxylic acids is 1. The van der Waals surface area contributed by atoms with Crippen LogP contribution >= 0.6 is 11.6 Å². The minimum Gasteiger partial charge on any atom is -0.493 e. The number of hydrogen-bond acceptors (Lipinski definition) is 4. The molecule has 0 spiro atoms. The molecule has 0 heterocycles. The van der Waals surface area contributed by atoms with Crippen LogP contribution in [0, 0.1) is 11.7 Å². The molecule has 7 heteroatoms. The first kappa shape index (κ1) is 24.4. The fourth-order valence-electron chi connectivity index (χ4n) is 3.26. The third kappa shape index (κ3) is 7.12. The predicted molar refractivity (Wildman–Crippen MR) is 131 cm³/mol. The van der Waals surface area contributed by atoms with E-state index in [4.69, 9.17) is 21.1 Å². The molecule has 1 amide bonds. The van der Waals surface area contributed by atoms with E-state index in [0.717, 1.165) is 16.9 Å². The van der Waals surface area contributed by atoms with Crippen LogP contribution in [0.2, 0.25) is 5.02 Å². The van der Waals surface area contributed by atoms with E-state index in [9.17, 15) is 9.18 Å². The fourth-order valence-corrected chi connectivity index (χ4v) is 3.47. The molecular formula is C26H28ClFN2O3.